The molecule has 0 saturated heterocycles. The van der Waals surface area contributed by atoms with Crippen molar-refractivity contribution in [3.63, 3.8) is 0 Å². The number of carbonyl (C=O) groups is 1. The molecule has 0 N–H and O–H groups in total. The molecule has 0 unspecified atom stereocenters. The number of methoxy groups -OCH3 is 1. The highest BCUT2D eigenvalue weighted by Crippen LogP contribution is 2.25. The van der Waals surface area contributed by atoms with E-state index in [2.05, 4.69) is 4.98 Å². The highest BCUT2D eigenvalue weighted by Gasteiger charge is 2.19. The highest BCUT2D eigenvalue weighted by atomic mass is 19.1. The lowest BCUT2D eigenvalue weighted by Crippen LogP contribution is -2.27. The van der Waals surface area contributed by atoms with E-state index in [1.807, 2.05) is 6.92 Å². The van der Waals surface area contributed by atoms with Gasteiger partial charge < -0.3 is 14.2 Å². The molecule has 0 radical (unpaired) electrons. The first-order valence-electron chi connectivity index (χ1n) is 8.55. The molecule has 3 aromatic rings. The molecule has 0 aliphatic rings. The first kappa shape index (κ1) is 18.6. The van der Waals surface area contributed by atoms with E-state index >= 15 is 0 Å². The van der Waals surface area contributed by atoms with E-state index in [0.29, 0.717) is 18.0 Å². The van der Waals surface area contributed by atoms with Gasteiger partial charge in [-0.25, -0.2) is 9.37 Å². The van der Waals surface area contributed by atoms with Crippen LogP contribution in [0.15, 0.2) is 35.4 Å². The molecule has 0 bridgehead atoms. The average molecular weight is 372 g/mol. The summed E-state index contributed by atoms with van der Waals surface area (Å²) in [5.74, 6) is -0.389. The highest BCUT2D eigenvalue weighted by molar-refractivity contribution is 5.92. The molecule has 0 atom stereocenters. The zero-order valence-corrected chi connectivity index (χ0v) is 15.7. The van der Waals surface area contributed by atoms with Crippen molar-refractivity contribution in [2.24, 2.45) is 7.05 Å². The molecule has 7 nitrogen and oxygen atoms in total. The molecular weight excluding hydrogens is 351 g/mol. The number of nitrogens with zero attached hydrogens (tertiary/aromatic N) is 4. The number of hydrogen-bond donors (Lipinski definition) is 0. The van der Waals surface area contributed by atoms with Crippen molar-refractivity contribution in [2.45, 2.75) is 13.3 Å². The lowest BCUT2D eigenvalue weighted by Gasteiger charge is -2.13. The third-order valence-corrected chi connectivity index (χ3v) is 4.43. The van der Waals surface area contributed by atoms with Gasteiger partial charge in [0.25, 0.3) is 11.5 Å². The molecule has 2 heterocycles. The SMILES string of the molecule is CCCN(C)C(=O)c1cn2cc(-c3ccc(OC)cc3F)n(C)c(=O)c2n1. The van der Waals surface area contributed by atoms with E-state index in [1.165, 1.54) is 28.3 Å². The predicted octanol–water partition coefficient (Wildman–Crippen LogP) is 2.33. The van der Waals surface area contributed by atoms with Crippen molar-refractivity contribution >= 4 is 11.6 Å². The summed E-state index contributed by atoms with van der Waals surface area (Å²) in [6.07, 6.45) is 3.90. The van der Waals surface area contributed by atoms with Gasteiger partial charge in [-0.1, -0.05) is 6.92 Å². The Bertz CT molecular complexity index is 1070. The fraction of sp³-hybridized carbons (Fsp3) is 0.316. The minimum atomic E-state index is -0.511. The van der Waals surface area contributed by atoms with Crippen LogP contribution in [0.1, 0.15) is 23.8 Å². The number of hydrogen-bond acceptors (Lipinski definition) is 4. The third-order valence-electron chi connectivity index (χ3n) is 4.43. The van der Waals surface area contributed by atoms with E-state index in [4.69, 9.17) is 4.74 Å². The van der Waals surface area contributed by atoms with Crippen LogP contribution in [0.3, 0.4) is 0 Å². The van der Waals surface area contributed by atoms with Crippen molar-refractivity contribution in [3.8, 4) is 17.0 Å². The molecule has 2 aromatic heterocycles. The normalized spacial score (nSPS) is 11.0. The monoisotopic (exact) mass is 372 g/mol. The van der Waals surface area contributed by atoms with Crippen molar-refractivity contribution in [2.75, 3.05) is 20.7 Å². The summed E-state index contributed by atoms with van der Waals surface area (Å²) in [5, 5.41) is 0. The van der Waals surface area contributed by atoms with Crippen LogP contribution in [0.25, 0.3) is 16.9 Å². The van der Waals surface area contributed by atoms with Gasteiger partial charge in [0.05, 0.1) is 12.8 Å². The Hall–Kier alpha value is -3.16. The first-order valence-corrected chi connectivity index (χ1v) is 8.55. The molecule has 1 aromatic carbocycles. The first-order chi connectivity index (χ1) is 12.9. The van der Waals surface area contributed by atoms with Gasteiger partial charge in [0.1, 0.15) is 17.3 Å². The van der Waals surface area contributed by atoms with Crippen molar-refractivity contribution in [1.82, 2.24) is 18.9 Å². The number of rotatable bonds is 5. The van der Waals surface area contributed by atoms with E-state index < -0.39 is 11.4 Å². The maximum Gasteiger partial charge on any atom is 0.294 e. The fourth-order valence-electron chi connectivity index (χ4n) is 2.94. The number of aromatic nitrogens is 3. The van der Waals surface area contributed by atoms with Crippen molar-refractivity contribution < 1.29 is 13.9 Å². The number of benzene rings is 1. The molecule has 0 aliphatic heterocycles. The molecule has 0 fully saturated rings. The maximum atomic E-state index is 14.5. The minimum absolute atomic E-state index is 0.114. The molecule has 27 heavy (non-hydrogen) atoms. The fourth-order valence-corrected chi connectivity index (χ4v) is 2.94. The predicted molar refractivity (Wildman–Crippen MR) is 99.6 cm³/mol. The number of imidazole rings is 1. The Kier molecular flexibility index (Phi) is 4.98. The third kappa shape index (κ3) is 3.30. The van der Waals surface area contributed by atoms with Gasteiger partial charge in [0, 0.05) is 44.7 Å². The van der Waals surface area contributed by atoms with Crippen LogP contribution in [-0.2, 0) is 7.05 Å². The zero-order chi connectivity index (χ0) is 19.7. The van der Waals surface area contributed by atoms with Crippen LogP contribution in [-0.4, -0.2) is 45.5 Å². The van der Waals surface area contributed by atoms with Gasteiger partial charge in [-0.3, -0.25) is 14.0 Å². The minimum Gasteiger partial charge on any atom is -0.497 e. The maximum absolute atomic E-state index is 14.5. The van der Waals surface area contributed by atoms with E-state index in [0.717, 1.165) is 6.42 Å². The Morgan fingerprint density at radius 2 is 2.07 bits per heavy atom. The molecule has 0 aliphatic carbocycles. The molecule has 3 rings (SSSR count). The summed E-state index contributed by atoms with van der Waals surface area (Å²) >= 11 is 0. The second kappa shape index (κ2) is 7.22. The van der Waals surface area contributed by atoms with Gasteiger partial charge in [-0.2, -0.15) is 0 Å². The van der Waals surface area contributed by atoms with E-state index in [-0.39, 0.29) is 22.8 Å². The molecule has 1 amide bonds. The van der Waals surface area contributed by atoms with Crippen LogP contribution >= 0.6 is 0 Å². The summed E-state index contributed by atoms with van der Waals surface area (Å²) in [4.78, 5) is 30.9. The molecule has 8 heteroatoms. The smallest absolute Gasteiger partial charge is 0.294 e. The standard InChI is InChI=1S/C19H21FN4O3/c1-5-8-22(2)18(25)15-10-24-11-16(23(3)19(26)17(24)21-15)13-7-6-12(27-4)9-14(13)20/h6-7,9-11H,5,8H2,1-4H3. The van der Waals surface area contributed by atoms with Crippen LogP contribution in [0.5, 0.6) is 5.75 Å². The molecule has 142 valence electrons. The lowest BCUT2D eigenvalue weighted by atomic mass is 10.1. The van der Waals surface area contributed by atoms with E-state index in [9.17, 15) is 14.0 Å². The Morgan fingerprint density at radius 1 is 1.33 bits per heavy atom. The molecule has 0 spiro atoms. The number of halogens is 1. The van der Waals surface area contributed by atoms with Crippen LogP contribution < -0.4 is 10.3 Å². The van der Waals surface area contributed by atoms with E-state index in [1.54, 1.807) is 37.3 Å². The second-order valence-electron chi connectivity index (χ2n) is 6.31. The Balaban J connectivity index is 2.13. The van der Waals surface area contributed by atoms with Gasteiger partial charge in [0.2, 0.25) is 5.65 Å². The van der Waals surface area contributed by atoms with Gasteiger partial charge in [-0.15, -0.1) is 0 Å². The molecular formula is C19H21FN4O3. The average Bonchev–Trinajstić information content (AvgIpc) is 3.08. The van der Waals surface area contributed by atoms with Crippen LogP contribution in [0, 0.1) is 5.82 Å². The molecule has 0 saturated carbocycles. The quantitative estimate of drug-likeness (QED) is 0.689. The lowest BCUT2D eigenvalue weighted by molar-refractivity contribution is 0.0790. The van der Waals surface area contributed by atoms with Gasteiger partial charge in [-0.05, 0) is 18.6 Å². The number of amides is 1. The summed E-state index contributed by atoms with van der Waals surface area (Å²) in [6.45, 7) is 2.56. The summed E-state index contributed by atoms with van der Waals surface area (Å²) < 4.78 is 22.3. The Labute approximate surface area is 155 Å². The van der Waals surface area contributed by atoms with Crippen molar-refractivity contribution in [1.29, 1.82) is 0 Å². The zero-order valence-electron chi connectivity index (χ0n) is 15.7. The van der Waals surface area contributed by atoms with Gasteiger partial charge >= 0.3 is 0 Å². The second-order valence-corrected chi connectivity index (χ2v) is 6.31. The summed E-state index contributed by atoms with van der Waals surface area (Å²) in [6, 6.07) is 4.43. The van der Waals surface area contributed by atoms with Crippen molar-refractivity contribution in [3.05, 3.63) is 52.5 Å². The van der Waals surface area contributed by atoms with Crippen LogP contribution in [0.4, 0.5) is 4.39 Å². The Morgan fingerprint density at radius 3 is 2.70 bits per heavy atom. The van der Waals surface area contributed by atoms with Crippen LogP contribution in [0.2, 0.25) is 0 Å². The summed E-state index contributed by atoms with van der Waals surface area (Å²) in [7, 11) is 4.68. The number of carbonyl (C=O) groups excluding carboxylic acids is 1. The van der Waals surface area contributed by atoms with Gasteiger partial charge in [0.15, 0.2) is 0 Å². The summed E-state index contributed by atoms with van der Waals surface area (Å²) in [5.41, 5.74) is 0.492. The number of fused-ring (bicyclic) bond motifs is 1. The number of ether oxygens (including phenoxy) is 1. The largest absolute Gasteiger partial charge is 0.497 e. The topological polar surface area (TPSA) is 68.8 Å².